The van der Waals surface area contributed by atoms with E-state index >= 15 is 0 Å². The maximum absolute atomic E-state index is 12.5. The zero-order valence-electron chi connectivity index (χ0n) is 20.3. The number of carbonyl (C=O) groups excluding carboxylic acids is 1. The van der Waals surface area contributed by atoms with Gasteiger partial charge in [0, 0.05) is 4.47 Å². The van der Waals surface area contributed by atoms with Crippen LogP contribution in [0.5, 0.6) is 11.5 Å². The minimum absolute atomic E-state index is 0.413. The van der Waals surface area contributed by atoms with Crippen LogP contribution in [-0.2, 0) is 0 Å². The van der Waals surface area contributed by atoms with Crippen LogP contribution in [0.2, 0.25) is 0 Å². The van der Waals surface area contributed by atoms with Crippen LogP contribution in [0.1, 0.15) is 68.6 Å². The van der Waals surface area contributed by atoms with Gasteiger partial charge < -0.3 is 9.47 Å². The first-order valence-corrected chi connectivity index (χ1v) is 13.2. The van der Waals surface area contributed by atoms with Gasteiger partial charge in [0.15, 0.2) is 0 Å². The zero-order chi connectivity index (χ0) is 24.7. The predicted octanol–water partition coefficient (Wildman–Crippen LogP) is 9.60. The van der Waals surface area contributed by atoms with Crippen LogP contribution in [0.25, 0.3) is 0 Å². The van der Waals surface area contributed by atoms with Gasteiger partial charge in [0.1, 0.15) is 11.5 Å². The molecule has 6 heteroatoms. The van der Waals surface area contributed by atoms with E-state index in [0.29, 0.717) is 23.6 Å². The molecule has 0 unspecified atom stereocenters. The molecule has 0 saturated carbocycles. The SMILES string of the molecule is CCCCCCCCCCOc1ccc(C(=O)Oc2ccc(N=Nc3ccc(Br)cc3)cc2)cc1. The van der Waals surface area contributed by atoms with Gasteiger partial charge in [-0.05, 0) is 79.2 Å². The molecule has 0 atom stereocenters. The summed E-state index contributed by atoms with van der Waals surface area (Å²) in [6, 6.07) is 21.6. The number of benzene rings is 3. The molecule has 0 aliphatic rings. The molecule has 3 rings (SSSR count). The monoisotopic (exact) mass is 536 g/mol. The van der Waals surface area contributed by atoms with Crippen LogP contribution in [0.4, 0.5) is 11.4 Å². The van der Waals surface area contributed by atoms with Crippen molar-refractivity contribution in [2.75, 3.05) is 6.61 Å². The number of esters is 1. The molecule has 0 heterocycles. The summed E-state index contributed by atoms with van der Waals surface area (Å²) in [6.45, 7) is 2.94. The van der Waals surface area contributed by atoms with Crippen molar-refractivity contribution in [1.82, 2.24) is 0 Å². The topological polar surface area (TPSA) is 60.2 Å². The van der Waals surface area contributed by atoms with E-state index in [-0.39, 0.29) is 0 Å². The summed E-state index contributed by atoms with van der Waals surface area (Å²) in [5.74, 6) is 0.807. The molecule has 3 aromatic carbocycles. The van der Waals surface area contributed by atoms with Crippen molar-refractivity contribution in [3.8, 4) is 11.5 Å². The number of azo groups is 1. The molecule has 0 bridgehead atoms. The number of nitrogens with zero attached hydrogens (tertiary/aromatic N) is 2. The third-order valence-electron chi connectivity index (χ3n) is 5.51. The lowest BCUT2D eigenvalue weighted by molar-refractivity contribution is 0.0734. The smallest absolute Gasteiger partial charge is 0.343 e. The van der Waals surface area contributed by atoms with Gasteiger partial charge in [0.25, 0.3) is 0 Å². The normalized spacial score (nSPS) is 11.0. The van der Waals surface area contributed by atoms with Gasteiger partial charge in [-0.2, -0.15) is 10.2 Å². The summed E-state index contributed by atoms with van der Waals surface area (Å²) >= 11 is 3.39. The number of carbonyl (C=O) groups is 1. The summed E-state index contributed by atoms with van der Waals surface area (Å²) in [7, 11) is 0. The first kappa shape index (κ1) is 26.6. The number of unbranched alkanes of at least 4 members (excludes halogenated alkanes) is 7. The highest BCUT2D eigenvalue weighted by molar-refractivity contribution is 9.10. The van der Waals surface area contributed by atoms with E-state index in [9.17, 15) is 4.79 Å². The lowest BCUT2D eigenvalue weighted by atomic mass is 10.1. The standard InChI is InChI=1S/C29H33BrN2O3/c1-2-3-4-5-6-7-8-9-22-34-27-18-10-23(11-19-27)29(33)35-28-20-16-26(17-21-28)32-31-25-14-12-24(30)13-15-25/h10-21H,2-9,22H2,1H3. The largest absolute Gasteiger partial charge is 0.494 e. The molecule has 0 N–H and O–H groups in total. The van der Waals surface area contributed by atoms with Crippen molar-refractivity contribution in [2.24, 2.45) is 10.2 Å². The number of rotatable bonds is 14. The highest BCUT2D eigenvalue weighted by Crippen LogP contribution is 2.23. The molecule has 0 aromatic heterocycles. The Hall–Kier alpha value is -2.99. The third-order valence-corrected chi connectivity index (χ3v) is 6.04. The maximum atomic E-state index is 12.5. The lowest BCUT2D eigenvalue weighted by Gasteiger charge is -2.08. The number of hydrogen-bond donors (Lipinski definition) is 0. The quantitative estimate of drug-likeness (QED) is 0.0890. The fraction of sp³-hybridized carbons (Fsp3) is 0.345. The van der Waals surface area contributed by atoms with Crippen LogP contribution in [-0.4, -0.2) is 12.6 Å². The minimum Gasteiger partial charge on any atom is -0.494 e. The predicted molar refractivity (Wildman–Crippen MR) is 144 cm³/mol. The molecule has 184 valence electrons. The maximum Gasteiger partial charge on any atom is 0.343 e. The van der Waals surface area contributed by atoms with Gasteiger partial charge in [-0.3, -0.25) is 0 Å². The van der Waals surface area contributed by atoms with Gasteiger partial charge in [-0.25, -0.2) is 4.79 Å². The average Bonchev–Trinajstić information content (AvgIpc) is 2.88. The number of ether oxygens (including phenoxy) is 2. The first-order valence-electron chi connectivity index (χ1n) is 12.4. The first-order chi connectivity index (χ1) is 17.1. The van der Waals surface area contributed by atoms with Crippen molar-refractivity contribution < 1.29 is 14.3 Å². The molecule has 0 fully saturated rings. The van der Waals surface area contributed by atoms with Crippen LogP contribution < -0.4 is 9.47 Å². The highest BCUT2D eigenvalue weighted by Gasteiger charge is 2.09. The molecule has 35 heavy (non-hydrogen) atoms. The molecule has 0 amide bonds. The Labute approximate surface area is 216 Å². The fourth-order valence-electron chi connectivity index (χ4n) is 3.48. The van der Waals surface area contributed by atoms with Crippen molar-refractivity contribution >= 4 is 33.3 Å². The second-order valence-electron chi connectivity index (χ2n) is 8.41. The van der Waals surface area contributed by atoms with E-state index < -0.39 is 5.97 Å². The van der Waals surface area contributed by atoms with Gasteiger partial charge in [0.2, 0.25) is 0 Å². The Kier molecular flexibility index (Phi) is 11.5. The van der Waals surface area contributed by atoms with E-state index in [1.807, 2.05) is 36.4 Å². The molecule has 0 spiro atoms. The zero-order valence-corrected chi connectivity index (χ0v) is 21.9. The van der Waals surface area contributed by atoms with Crippen molar-refractivity contribution in [2.45, 2.75) is 58.3 Å². The second-order valence-corrected chi connectivity index (χ2v) is 9.32. The molecule has 0 radical (unpaired) electrons. The summed E-state index contributed by atoms with van der Waals surface area (Å²) in [6.07, 6.45) is 10.2. The van der Waals surface area contributed by atoms with E-state index in [1.54, 1.807) is 36.4 Å². The van der Waals surface area contributed by atoms with Crippen LogP contribution in [0.15, 0.2) is 87.5 Å². The van der Waals surface area contributed by atoms with Crippen molar-refractivity contribution in [3.05, 3.63) is 82.8 Å². The number of hydrogen-bond acceptors (Lipinski definition) is 5. The summed E-state index contributed by atoms with van der Waals surface area (Å²) in [4.78, 5) is 12.5. The molecule has 3 aromatic rings. The van der Waals surface area contributed by atoms with Crippen LogP contribution >= 0.6 is 15.9 Å². The van der Waals surface area contributed by atoms with Crippen LogP contribution in [0.3, 0.4) is 0 Å². The minimum atomic E-state index is -0.413. The molecule has 0 aliphatic heterocycles. The number of halogens is 1. The van der Waals surface area contributed by atoms with Gasteiger partial charge in [-0.1, -0.05) is 67.8 Å². The Balaban J connectivity index is 1.38. The van der Waals surface area contributed by atoms with Gasteiger partial charge >= 0.3 is 5.97 Å². The summed E-state index contributed by atoms with van der Waals surface area (Å²) in [5.41, 5.74) is 1.91. The highest BCUT2D eigenvalue weighted by atomic mass is 79.9. The molecule has 0 aliphatic carbocycles. The van der Waals surface area contributed by atoms with E-state index in [1.165, 1.54) is 44.9 Å². The molecular formula is C29H33BrN2O3. The lowest BCUT2D eigenvalue weighted by Crippen LogP contribution is -2.08. The average molecular weight is 537 g/mol. The molecule has 5 nitrogen and oxygen atoms in total. The van der Waals surface area contributed by atoms with E-state index in [4.69, 9.17) is 9.47 Å². The summed E-state index contributed by atoms with van der Waals surface area (Å²) in [5, 5.41) is 8.40. The van der Waals surface area contributed by atoms with Gasteiger partial charge in [0.05, 0.1) is 23.5 Å². The van der Waals surface area contributed by atoms with Crippen molar-refractivity contribution in [1.29, 1.82) is 0 Å². The summed E-state index contributed by atoms with van der Waals surface area (Å²) < 4.78 is 12.3. The van der Waals surface area contributed by atoms with Crippen LogP contribution in [0, 0.1) is 0 Å². The molecular weight excluding hydrogens is 504 g/mol. The Morgan fingerprint density at radius 3 is 1.80 bits per heavy atom. The Morgan fingerprint density at radius 2 is 1.20 bits per heavy atom. The fourth-order valence-corrected chi connectivity index (χ4v) is 3.75. The molecule has 0 saturated heterocycles. The third kappa shape index (κ3) is 10.0. The Morgan fingerprint density at radius 1 is 0.686 bits per heavy atom. The Bertz CT molecular complexity index is 1050. The van der Waals surface area contributed by atoms with Gasteiger partial charge in [-0.15, -0.1) is 0 Å². The van der Waals surface area contributed by atoms with Crippen molar-refractivity contribution in [3.63, 3.8) is 0 Å². The van der Waals surface area contributed by atoms with E-state index in [2.05, 4.69) is 33.1 Å². The van der Waals surface area contributed by atoms with E-state index in [0.717, 1.165) is 22.3 Å². The second kappa shape index (κ2) is 15.1.